The molecule has 4 aromatic rings. The van der Waals surface area contributed by atoms with Crippen LogP contribution in [0.4, 0.5) is 4.39 Å². The summed E-state index contributed by atoms with van der Waals surface area (Å²) in [5, 5.41) is 10.2. The molecule has 1 aliphatic heterocycles. The van der Waals surface area contributed by atoms with Gasteiger partial charge in [0.15, 0.2) is 0 Å². The molecule has 0 atom stereocenters. The van der Waals surface area contributed by atoms with Gasteiger partial charge in [-0.25, -0.2) is 9.37 Å². The van der Waals surface area contributed by atoms with E-state index in [4.69, 9.17) is 21.3 Å². The Balaban J connectivity index is 1.68. The van der Waals surface area contributed by atoms with Crippen LogP contribution in [0.3, 0.4) is 0 Å². The van der Waals surface area contributed by atoms with Gasteiger partial charge in [-0.3, -0.25) is 4.90 Å². The minimum atomic E-state index is -0.420. The number of hydrogen-bond acceptors (Lipinski definition) is 4. The third-order valence-corrected chi connectivity index (χ3v) is 5.99. The van der Waals surface area contributed by atoms with Gasteiger partial charge in [-0.15, -0.1) is 0 Å². The van der Waals surface area contributed by atoms with Crippen molar-refractivity contribution >= 4 is 17.2 Å². The van der Waals surface area contributed by atoms with Gasteiger partial charge in [0.2, 0.25) is 0 Å². The predicted octanol–water partition coefficient (Wildman–Crippen LogP) is 5.16. The zero-order chi connectivity index (χ0) is 22.1. The quantitative estimate of drug-likeness (QED) is 0.434. The summed E-state index contributed by atoms with van der Waals surface area (Å²) in [6.45, 7) is 3.73. The molecule has 2 aromatic heterocycles. The first kappa shape index (κ1) is 20.7. The summed E-state index contributed by atoms with van der Waals surface area (Å²) in [7, 11) is 0. The smallest absolute Gasteiger partial charge is 0.137 e. The Hall–Kier alpha value is -3.24. The summed E-state index contributed by atoms with van der Waals surface area (Å²) in [5.74, 6) is -0.420. The van der Waals surface area contributed by atoms with E-state index in [0.29, 0.717) is 41.5 Å². The second kappa shape index (κ2) is 8.71. The molecule has 160 valence electrons. The lowest BCUT2D eigenvalue weighted by molar-refractivity contribution is 0.0336. The topological polar surface area (TPSA) is 53.6 Å². The Labute approximate surface area is 190 Å². The van der Waals surface area contributed by atoms with Gasteiger partial charge < -0.3 is 9.14 Å². The molecular formula is C25H20ClFN4O. The number of rotatable bonds is 4. The molecule has 0 N–H and O–H groups in total. The molecule has 0 radical (unpaired) electrons. The van der Waals surface area contributed by atoms with Gasteiger partial charge in [-0.1, -0.05) is 29.8 Å². The van der Waals surface area contributed by atoms with E-state index < -0.39 is 5.82 Å². The Morgan fingerprint density at radius 3 is 2.53 bits per heavy atom. The van der Waals surface area contributed by atoms with Crippen molar-refractivity contribution in [3.05, 3.63) is 82.9 Å². The number of ether oxygens (including phenoxy) is 1. The minimum absolute atomic E-state index is 0.302. The van der Waals surface area contributed by atoms with Crippen LogP contribution >= 0.6 is 11.6 Å². The molecule has 1 aliphatic rings. The highest BCUT2D eigenvalue weighted by molar-refractivity contribution is 6.30. The van der Waals surface area contributed by atoms with E-state index in [1.807, 2.05) is 47.0 Å². The molecule has 1 fully saturated rings. The maximum Gasteiger partial charge on any atom is 0.137 e. The van der Waals surface area contributed by atoms with E-state index in [1.54, 1.807) is 12.1 Å². The average Bonchev–Trinajstić information content (AvgIpc) is 3.17. The van der Waals surface area contributed by atoms with Gasteiger partial charge in [-0.05, 0) is 36.4 Å². The fraction of sp³-hybridized carbons (Fsp3) is 0.200. The van der Waals surface area contributed by atoms with Crippen molar-refractivity contribution in [2.24, 2.45) is 0 Å². The third kappa shape index (κ3) is 3.87. The van der Waals surface area contributed by atoms with Crippen LogP contribution in [0.5, 0.6) is 0 Å². The van der Waals surface area contributed by atoms with E-state index in [1.165, 1.54) is 6.07 Å². The lowest BCUT2D eigenvalue weighted by Crippen LogP contribution is -2.36. The number of fused-ring (bicyclic) bond motifs is 1. The highest BCUT2D eigenvalue weighted by Gasteiger charge is 2.20. The van der Waals surface area contributed by atoms with E-state index in [2.05, 4.69) is 11.0 Å². The Kier molecular flexibility index (Phi) is 5.62. The summed E-state index contributed by atoms with van der Waals surface area (Å²) >= 11 is 6.10. The number of aromatic nitrogens is 2. The normalized spacial score (nSPS) is 14.5. The maximum absolute atomic E-state index is 14.7. The number of hydrogen-bond donors (Lipinski definition) is 0. The number of benzene rings is 2. The van der Waals surface area contributed by atoms with Crippen molar-refractivity contribution in [1.29, 1.82) is 5.26 Å². The Bertz CT molecular complexity index is 1320. The molecule has 0 aliphatic carbocycles. The molecule has 5 rings (SSSR count). The molecule has 0 spiro atoms. The molecule has 2 aromatic carbocycles. The monoisotopic (exact) mass is 446 g/mol. The van der Waals surface area contributed by atoms with Crippen molar-refractivity contribution in [3.63, 3.8) is 0 Å². The molecule has 0 unspecified atom stereocenters. The minimum Gasteiger partial charge on any atom is -0.379 e. The number of morpholine rings is 1. The molecule has 7 heteroatoms. The van der Waals surface area contributed by atoms with Crippen molar-refractivity contribution in [1.82, 2.24) is 14.3 Å². The van der Waals surface area contributed by atoms with Crippen LogP contribution in [0.1, 0.15) is 11.3 Å². The zero-order valence-electron chi connectivity index (χ0n) is 17.3. The van der Waals surface area contributed by atoms with Gasteiger partial charge in [0.25, 0.3) is 0 Å². The number of nitrogens with zero attached hydrogens (tertiary/aromatic N) is 4. The Morgan fingerprint density at radius 1 is 1.03 bits per heavy atom. The molecule has 0 amide bonds. The lowest BCUT2D eigenvalue weighted by atomic mass is 10.0. The molecule has 3 heterocycles. The largest absolute Gasteiger partial charge is 0.379 e. The highest BCUT2D eigenvalue weighted by atomic mass is 35.5. The van der Waals surface area contributed by atoms with E-state index >= 15 is 0 Å². The second-order valence-corrected chi connectivity index (χ2v) is 8.16. The van der Waals surface area contributed by atoms with E-state index in [0.717, 1.165) is 35.7 Å². The van der Waals surface area contributed by atoms with Crippen LogP contribution in [-0.2, 0) is 11.3 Å². The fourth-order valence-corrected chi connectivity index (χ4v) is 4.24. The average molecular weight is 447 g/mol. The predicted molar refractivity (Wildman–Crippen MR) is 122 cm³/mol. The van der Waals surface area contributed by atoms with Crippen molar-refractivity contribution in [2.75, 3.05) is 26.3 Å². The van der Waals surface area contributed by atoms with Gasteiger partial charge in [0.1, 0.15) is 11.5 Å². The maximum atomic E-state index is 14.7. The first-order chi connectivity index (χ1) is 15.6. The van der Waals surface area contributed by atoms with Crippen LogP contribution in [0, 0.1) is 17.1 Å². The van der Waals surface area contributed by atoms with Crippen LogP contribution in [0.2, 0.25) is 5.02 Å². The van der Waals surface area contributed by atoms with Crippen LogP contribution in [-0.4, -0.2) is 40.6 Å². The van der Waals surface area contributed by atoms with Crippen molar-refractivity contribution in [2.45, 2.75) is 6.54 Å². The summed E-state index contributed by atoms with van der Waals surface area (Å²) in [6, 6.07) is 17.9. The molecule has 5 nitrogen and oxygen atoms in total. The fourth-order valence-electron chi connectivity index (χ4n) is 4.11. The summed E-state index contributed by atoms with van der Waals surface area (Å²) < 4.78 is 22.2. The van der Waals surface area contributed by atoms with E-state index in [-0.39, 0.29) is 0 Å². The summed E-state index contributed by atoms with van der Waals surface area (Å²) in [4.78, 5) is 7.20. The Morgan fingerprint density at radius 2 is 1.78 bits per heavy atom. The van der Waals surface area contributed by atoms with Crippen LogP contribution in [0.25, 0.3) is 28.0 Å². The lowest BCUT2D eigenvalue weighted by Gasteiger charge is -2.26. The first-order valence-corrected chi connectivity index (χ1v) is 10.8. The van der Waals surface area contributed by atoms with Crippen LogP contribution < -0.4 is 0 Å². The molecule has 32 heavy (non-hydrogen) atoms. The van der Waals surface area contributed by atoms with Crippen LogP contribution in [0.15, 0.2) is 60.8 Å². The zero-order valence-corrected chi connectivity index (χ0v) is 18.0. The molecular weight excluding hydrogens is 427 g/mol. The molecule has 0 bridgehead atoms. The van der Waals surface area contributed by atoms with Crippen molar-refractivity contribution in [3.8, 4) is 28.5 Å². The second-order valence-electron chi connectivity index (χ2n) is 7.72. The van der Waals surface area contributed by atoms with Gasteiger partial charge in [0, 0.05) is 47.5 Å². The SMILES string of the molecule is N#Cc1cccc(F)c1-c1ccc2nc(-c3ccc(Cl)cc3)c(CN3CCOCC3)n2c1. The highest BCUT2D eigenvalue weighted by Crippen LogP contribution is 2.31. The number of pyridine rings is 1. The standard InChI is InChI=1S/C25H20ClFN4O/c26-20-7-4-17(5-8-20)25-22(16-30-10-12-32-13-11-30)31-15-19(6-9-23(31)29-25)24-18(14-28)2-1-3-21(24)27/h1-9,15H,10-13,16H2. The number of nitriles is 1. The van der Waals surface area contributed by atoms with E-state index in [9.17, 15) is 9.65 Å². The number of halogens is 2. The first-order valence-electron chi connectivity index (χ1n) is 10.4. The molecule has 0 saturated carbocycles. The third-order valence-electron chi connectivity index (χ3n) is 5.73. The van der Waals surface area contributed by atoms with Gasteiger partial charge in [-0.2, -0.15) is 5.26 Å². The van der Waals surface area contributed by atoms with Crippen molar-refractivity contribution < 1.29 is 9.13 Å². The number of imidazole rings is 1. The summed E-state index contributed by atoms with van der Waals surface area (Å²) in [5.41, 5.74) is 4.83. The molecule has 1 saturated heterocycles. The summed E-state index contributed by atoms with van der Waals surface area (Å²) in [6.07, 6.45) is 1.87. The van der Waals surface area contributed by atoms with Gasteiger partial charge in [0.05, 0.1) is 36.2 Å². The van der Waals surface area contributed by atoms with Gasteiger partial charge >= 0.3 is 0 Å².